The summed E-state index contributed by atoms with van der Waals surface area (Å²) in [5.41, 5.74) is 2.43. The van der Waals surface area contributed by atoms with Gasteiger partial charge in [-0.1, -0.05) is 18.2 Å². The number of rotatable bonds is 7. The molecule has 0 radical (unpaired) electrons. The molecule has 3 rings (SSSR count). The van der Waals surface area contributed by atoms with Crippen molar-refractivity contribution in [2.24, 2.45) is 0 Å². The number of amides is 2. The van der Waals surface area contributed by atoms with Crippen LogP contribution in [-0.2, 0) is 16.0 Å². The quantitative estimate of drug-likeness (QED) is 0.587. The van der Waals surface area contributed by atoms with Gasteiger partial charge in [0.05, 0.1) is 33.4 Å². The second-order valence-corrected chi connectivity index (χ2v) is 7.03. The molecule has 7 heteroatoms. The second-order valence-electron chi connectivity index (χ2n) is 7.03. The van der Waals surface area contributed by atoms with Crippen molar-refractivity contribution in [3.63, 3.8) is 0 Å². The molecule has 27 heavy (non-hydrogen) atoms. The number of hydrogen-bond acceptors (Lipinski definition) is 4. The van der Waals surface area contributed by atoms with E-state index in [1.807, 2.05) is 38.4 Å². The van der Waals surface area contributed by atoms with Crippen molar-refractivity contribution in [1.82, 2.24) is 10.6 Å². The van der Waals surface area contributed by atoms with E-state index in [9.17, 15) is 9.59 Å². The fourth-order valence-corrected chi connectivity index (χ4v) is 3.31. The number of carbonyl (C=O) groups is 2. The van der Waals surface area contributed by atoms with Crippen molar-refractivity contribution >= 4 is 17.5 Å². The maximum Gasteiger partial charge on any atom is 0.309 e. The lowest BCUT2D eigenvalue weighted by Crippen LogP contribution is -3.06. The summed E-state index contributed by atoms with van der Waals surface area (Å²) in [6, 6.07) is 11.8. The van der Waals surface area contributed by atoms with Gasteiger partial charge in [-0.25, -0.2) is 0 Å². The van der Waals surface area contributed by atoms with Gasteiger partial charge in [0.2, 0.25) is 0 Å². The number of para-hydroxylation sites is 1. The molecular weight excluding hydrogens is 344 g/mol. The van der Waals surface area contributed by atoms with Gasteiger partial charge in [-0.05, 0) is 30.2 Å². The molecule has 0 saturated heterocycles. The van der Waals surface area contributed by atoms with Gasteiger partial charge in [-0.3, -0.25) is 9.59 Å². The summed E-state index contributed by atoms with van der Waals surface area (Å²) >= 11 is 0. The van der Waals surface area contributed by atoms with Gasteiger partial charge in [0, 0.05) is 18.8 Å². The molecule has 1 aliphatic heterocycles. The van der Waals surface area contributed by atoms with Crippen LogP contribution in [0.2, 0.25) is 0 Å². The topological polar surface area (TPSA) is 79.0 Å². The van der Waals surface area contributed by atoms with Crippen molar-refractivity contribution in [3.8, 4) is 0 Å². The number of carbonyl (C=O) groups excluding carboxylic acids is 2. The molecule has 1 aromatic carbocycles. The number of anilines is 1. The lowest BCUT2D eigenvalue weighted by Gasteiger charge is -2.29. The van der Waals surface area contributed by atoms with Gasteiger partial charge in [-0.2, -0.15) is 0 Å². The highest BCUT2D eigenvalue weighted by molar-refractivity contribution is 6.35. The minimum atomic E-state index is -0.618. The van der Waals surface area contributed by atoms with Crippen LogP contribution in [0.5, 0.6) is 0 Å². The Bertz CT molecular complexity index is 773. The summed E-state index contributed by atoms with van der Waals surface area (Å²) in [4.78, 5) is 27.6. The van der Waals surface area contributed by atoms with Crippen molar-refractivity contribution in [2.75, 3.05) is 45.2 Å². The van der Waals surface area contributed by atoms with Crippen LogP contribution in [-0.4, -0.2) is 52.1 Å². The van der Waals surface area contributed by atoms with Gasteiger partial charge in [-0.15, -0.1) is 0 Å². The number of nitrogens with zero attached hydrogens (tertiary/aromatic N) is 1. The second kappa shape index (κ2) is 8.73. The number of quaternary nitrogens is 1. The molecule has 1 aromatic heterocycles. The van der Waals surface area contributed by atoms with E-state index < -0.39 is 11.8 Å². The first-order chi connectivity index (χ1) is 13.1. The molecule has 2 amide bonds. The van der Waals surface area contributed by atoms with Crippen LogP contribution in [0.15, 0.2) is 47.1 Å². The predicted octanol–water partition coefficient (Wildman–Crippen LogP) is -0.240. The van der Waals surface area contributed by atoms with Crippen LogP contribution in [0, 0.1) is 0 Å². The fourth-order valence-electron chi connectivity index (χ4n) is 3.31. The van der Waals surface area contributed by atoms with Gasteiger partial charge in [0.25, 0.3) is 0 Å². The van der Waals surface area contributed by atoms with Crippen LogP contribution in [0.3, 0.4) is 0 Å². The fraction of sp³-hybridized carbons (Fsp3) is 0.400. The molecule has 0 aliphatic carbocycles. The standard InChI is InChI=1S/C20H26N4O3/c1-23(2)12-10-21-19(25)20(26)22-14-17(18-8-5-13-27-18)24-11-9-15-6-3-4-7-16(15)24/h3-8,13,17H,9-12,14H2,1-2H3,(H,21,25)(H,22,26)/p+1/t17-/m1/s1. The Morgan fingerprint density at radius 3 is 2.67 bits per heavy atom. The number of hydrogen-bond donors (Lipinski definition) is 3. The summed E-state index contributed by atoms with van der Waals surface area (Å²) in [6.07, 6.45) is 2.58. The average Bonchev–Trinajstić information content (AvgIpc) is 3.32. The van der Waals surface area contributed by atoms with E-state index >= 15 is 0 Å². The van der Waals surface area contributed by atoms with E-state index in [4.69, 9.17) is 4.42 Å². The summed E-state index contributed by atoms with van der Waals surface area (Å²) in [7, 11) is 3.99. The van der Waals surface area contributed by atoms with E-state index in [1.165, 1.54) is 10.5 Å². The average molecular weight is 371 g/mol. The molecule has 2 aromatic rings. The third kappa shape index (κ3) is 4.68. The lowest BCUT2D eigenvalue weighted by molar-refractivity contribution is -0.856. The Balaban J connectivity index is 1.64. The minimum absolute atomic E-state index is 0.161. The van der Waals surface area contributed by atoms with Crippen LogP contribution in [0.25, 0.3) is 0 Å². The molecule has 0 unspecified atom stereocenters. The monoisotopic (exact) mass is 371 g/mol. The maximum atomic E-state index is 12.2. The number of nitrogens with one attached hydrogen (secondary N) is 3. The summed E-state index contributed by atoms with van der Waals surface area (Å²) in [5, 5.41) is 5.41. The smallest absolute Gasteiger partial charge is 0.309 e. The predicted molar refractivity (Wildman–Crippen MR) is 103 cm³/mol. The SMILES string of the molecule is C[NH+](C)CCNC(=O)C(=O)NC[C@H](c1ccco1)N1CCc2ccccc21. The van der Waals surface area contributed by atoms with Crippen molar-refractivity contribution < 1.29 is 18.9 Å². The summed E-state index contributed by atoms with van der Waals surface area (Å²) < 4.78 is 5.61. The molecule has 0 saturated carbocycles. The van der Waals surface area contributed by atoms with Crippen LogP contribution >= 0.6 is 0 Å². The zero-order valence-electron chi connectivity index (χ0n) is 15.8. The van der Waals surface area contributed by atoms with E-state index in [2.05, 4.69) is 27.7 Å². The normalized spacial score (nSPS) is 14.1. The molecule has 144 valence electrons. The Morgan fingerprint density at radius 2 is 1.93 bits per heavy atom. The molecular formula is C20H27N4O3+. The zero-order chi connectivity index (χ0) is 19.2. The Morgan fingerprint density at radius 1 is 1.15 bits per heavy atom. The Kier molecular flexibility index (Phi) is 6.13. The van der Waals surface area contributed by atoms with Crippen molar-refractivity contribution in [1.29, 1.82) is 0 Å². The molecule has 0 spiro atoms. The van der Waals surface area contributed by atoms with E-state index in [-0.39, 0.29) is 6.04 Å². The molecule has 2 heterocycles. The van der Waals surface area contributed by atoms with Crippen LogP contribution in [0.1, 0.15) is 17.4 Å². The first-order valence-corrected chi connectivity index (χ1v) is 9.29. The van der Waals surface area contributed by atoms with Gasteiger partial charge in [0.15, 0.2) is 0 Å². The lowest BCUT2D eigenvalue weighted by atomic mass is 10.1. The molecule has 3 N–H and O–H groups in total. The van der Waals surface area contributed by atoms with Gasteiger partial charge >= 0.3 is 11.8 Å². The number of likely N-dealkylation sites (N-methyl/N-ethyl adjacent to an activating group) is 1. The number of fused-ring (bicyclic) bond motifs is 1. The van der Waals surface area contributed by atoms with E-state index in [1.54, 1.807) is 6.26 Å². The zero-order valence-corrected chi connectivity index (χ0v) is 15.8. The van der Waals surface area contributed by atoms with Gasteiger partial charge in [0.1, 0.15) is 11.8 Å². The molecule has 1 atom stereocenters. The summed E-state index contributed by atoms with van der Waals surface area (Å²) in [6.45, 7) is 2.37. The van der Waals surface area contributed by atoms with Crippen LogP contribution in [0.4, 0.5) is 5.69 Å². The third-order valence-corrected chi connectivity index (χ3v) is 4.74. The minimum Gasteiger partial charge on any atom is -0.467 e. The highest BCUT2D eigenvalue weighted by atomic mass is 16.3. The van der Waals surface area contributed by atoms with Crippen molar-refractivity contribution in [3.05, 3.63) is 54.0 Å². The Labute approximate surface area is 159 Å². The largest absolute Gasteiger partial charge is 0.467 e. The first-order valence-electron chi connectivity index (χ1n) is 9.29. The number of furan rings is 1. The molecule has 7 nitrogen and oxygen atoms in total. The van der Waals surface area contributed by atoms with Gasteiger partial charge < -0.3 is 24.9 Å². The first kappa shape index (κ1) is 19.0. The number of benzene rings is 1. The maximum absolute atomic E-state index is 12.2. The van der Waals surface area contributed by atoms with E-state index in [0.717, 1.165) is 31.0 Å². The summed E-state index contributed by atoms with van der Waals surface area (Å²) in [5.74, 6) is -0.451. The van der Waals surface area contributed by atoms with E-state index in [0.29, 0.717) is 13.1 Å². The third-order valence-electron chi connectivity index (χ3n) is 4.74. The van der Waals surface area contributed by atoms with Crippen molar-refractivity contribution in [2.45, 2.75) is 12.5 Å². The Hall–Kier alpha value is -2.80. The highest BCUT2D eigenvalue weighted by Gasteiger charge is 2.29. The molecule has 0 bridgehead atoms. The van der Waals surface area contributed by atoms with Crippen LogP contribution < -0.4 is 20.4 Å². The molecule has 0 fully saturated rings. The molecule has 1 aliphatic rings. The highest BCUT2D eigenvalue weighted by Crippen LogP contribution is 2.34.